The number of rotatable bonds is 4. The number of carboxylic acid groups (broad SMARTS) is 1. The molecular formula is C12H12N4O4. The molecule has 0 aliphatic carbocycles. The second-order valence-corrected chi connectivity index (χ2v) is 4.22. The number of carbonyl (C=O) groups is 1. The molecule has 0 aliphatic heterocycles. The molecule has 0 saturated carbocycles. The molecule has 104 valence electrons. The molecule has 8 nitrogen and oxygen atoms in total. The van der Waals surface area contributed by atoms with Crippen LogP contribution in [0.3, 0.4) is 0 Å². The molecule has 0 aliphatic rings. The third-order valence-corrected chi connectivity index (χ3v) is 2.73. The number of anilines is 2. The molecule has 1 aromatic carbocycles. The zero-order valence-electron chi connectivity index (χ0n) is 10.8. The normalized spacial score (nSPS) is 10.3. The Hall–Kier alpha value is -2.90. The van der Waals surface area contributed by atoms with Crippen LogP contribution in [0.2, 0.25) is 0 Å². The fourth-order valence-electron chi connectivity index (χ4n) is 1.80. The summed E-state index contributed by atoms with van der Waals surface area (Å²) in [6.45, 7) is 1.77. The topological polar surface area (TPSA) is 110 Å². The first-order chi connectivity index (χ1) is 9.38. The van der Waals surface area contributed by atoms with Gasteiger partial charge in [0.25, 0.3) is 5.69 Å². The smallest absolute Gasteiger partial charge is 0.338 e. The quantitative estimate of drug-likeness (QED) is 0.653. The van der Waals surface area contributed by atoms with Crippen molar-refractivity contribution in [2.24, 2.45) is 7.05 Å². The molecule has 0 unspecified atom stereocenters. The monoisotopic (exact) mass is 276 g/mol. The summed E-state index contributed by atoms with van der Waals surface area (Å²) in [5, 5.41) is 26.9. The van der Waals surface area contributed by atoms with Crippen molar-refractivity contribution < 1.29 is 14.8 Å². The van der Waals surface area contributed by atoms with E-state index in [4.69, 9.17) is 5.11 Å². The third-order valence-electron chi connectivity index (χ3n) is 2.73. The molecular weight excluding hydrogens is 264 g/mol. The Bertz CT molecular complexity index is 693. The van der Waals surface area contributed by atoms with E-state index in [1.54, 1.807) is 24.9 Å². The number of carboxylic acids is 1. The highest BCUT2D eigenvalue weighted by atomic mass is 16.6. The number of aryl methyl sites for hydroxylation is 2. The maximum Gasteiger partial charge on any atom is 0.338 e. The van der Waals surface area contributed by atoms with E-state index in [0.717, 1.165) is 6.07 Å². The summed E-state index contributed by atoms with van der Waals surface area (Å²) in [4.78, 5) is 21.2. The molecule has 1 aromatic heterocycles. The second kappa shape index (κ2) is 5.00. The predicted octanol–water partition coefficient (Wildman–Crippen LogP) is 2.08. The summed E-state index contributed by atoms with van der Waals surface area (Å²) < 4.78 is 1.59. The van der Waals surface area contributed by atoms with Crippen molar-refractivity contribution in [2.45, 2.75) is 6.92 Å². The fourth-order valence-corrected chi connectivity index (χ4v) is 1.80. The maximum absolute atomic E-state index is 11.2. The summed E-state index contributed by atoms with van der Waals surface area (Å²) >= 11 is 0. The Morgan fingerprint density at radius 2 is 2.15 bits per heavy atom. The van der Waals surface area contributed by atoms with E-state index in [1.165, 1.54) is 12.1 Å². The number of benzene rings is 1. The minimum atomic E-state index is -1.24. The first-order valence-corrected chi connectivity index (χ1v) is 5.67. The number of nitrogens with zero attached hydrogens (tertiary/aromatic N) is 3. The largest absolute Gasteiger partial charge is 0.478 e. The first kappa shape index (κ1) is 13.5. The maximum atomic E-state index is 11.2. The van der Waals surface area contributed by atoms with E-state index in [0.29, 0.717) is 11.4 Å². The molecule has 0 amide bonds. The van der Waals surface area contributed by atoms with E-state index >= 15 is 0 Å². The number of non-ortho nitro benzene ring substituents is 1. The molecule has 0 spiro atoms. The SMILES string of the molecule is Cc1nn(C)cc1Nc1ccc([N+](=O)[O-])cc1C(=O)O. The standard InChI is InChI=1S/C12H12N4O4/c1-7-11(6-15(2)14-7)13-10-4-3-8(16(19)20)5-9(10)12(17)18/h3-6,13H,1-2H3,(H,17,18). The van der Waals surface area contributed by atoms with Crippen LogP contribution in [0.1, 0.15) is 16.1 Å². The zero-order chi connectivity index (χ0) is 14.9. The van der Waals surface area contributed by atoms with Gasteiger partial charge < -0.3 is 10.4 Å². The van der Waals surface area contributed by atoms with Crippen LogP contribution in [0.25, 0.3) is 0 Å². The molecule has 0 saturated heterocycles. The van der Waals surface area contributed by atoms with Gasteiger partial charge in [0, 0.05) is 25.4 Å². The number of aromatic nitrogens is 2. The van der Waals surface area contributed by atoms with Gasteiger partial charge in [-0.2, -0.15) is 5.10 Å². The molecule has 20 heavy (non-hydrogen) atoms. The summed E-state index contributed by atoms with van der Waals surface area (Å²) in [5.74, 6) is -1.24. The minimum absolute atomic E-state index is 0.164. The lowest BCUT2D eigenvalue weighted by atomic mass is 10.1. The van der Waals surface area contributed by atoms with Gasteiger partial charge in [-0.05, 0) is 13.0 Å². The van der Waals surface area contributed by atoms with Crippen LogP contribution in [-0.4, -0.2) is 25.8 Å². The zero-order valence-corrected chi connectivity index (χ0v) is 10.8. The predicted molar refractivity (Wildman–Crippen MR) is 71.3 cm³/mol. The van der Waals surface area contributed by atoms with E-state index in [1.807, 2.05) is 0 Å². The Balaban J connectivity index is 2.43. The van der Waals surface area contributed by atoms with E-state index in [-0.39, 0.29) is 16.9 Å². The first-order valence-electron chi connectivity index (χ1n) is 5.67. The summed E-state index contributed by atoms with van der Waals surface area (Å²) in [5.41, 5.74) is 1.18. The lowest BCUT2D eigenvalue weighted by Crippen LogP contribution is -2.04. The molecule has 0 bridgehead atoms. The van der Waals surface area contributed by atoms with Crippen LogP contribution in [-0.2, 0) is 7.05 Å². The van der Waals surface area contributed by atoms with Crippen molar-refractivity contribution in [2.75, 3.05) is 5.32 Å². The number of aromatic carboxylic acids is 1. The van der Waals surface area contributed by atoms with Crippen molar-refractivity contribution in [1.29, 1.82) is 0 Å². The van der Waals surface area contributed by atoms with Gasteiger partial charge in [0.1, 0.15) is 0 Å². The molecule has 0 radical (unpaired) electrons. The van der Waals surface area contributed by atoms with Crippen molar-refractivity contribution in [1.82, 2.24) is 9.78 Å². The fraction of sp³-hybridized carbons (Fsp3) is 0.167. The van der Waals surface area contributed by atoms with Crippen LogP contribution in [0.15, 0.2) is 24.4 Å². The van der Waals surface area contributed by atoms with Crippen LogP contribution in [0, 0.1) is 17.0 Å². The number of hydrogen-bond acceptors (Lipinski definition) is 5. The highest BCUT2D eigenvalue weighted by molar-refractivity contribution is 5.96. The summed E-state index contributed by atoms with van der Waals surface area (Å²) in [7, 11) is 1.74. The molecule has 8 heteroatoms. The third kappa shape index (κ3) is 2.58. The van der Waals surface area contributed by atoms with Crippen molar-refractivity contribution in [3.63, 3.8) is 0 Å². The summed E-state index contributed by atoms with van der Waals surface area (Å²) in [6, 6.07) is 3.64. The van der Waals surface area contributed by atoms with Crippen molar-refractivity contribution in [3.8, 4) is 0 Å². The van der Waals surface area contributed by atoms with Crippen molar-refractivity contribution >= 4 is 23.0 Å². The lowest BCUT2D eigenvalue weighted by molar-refractivity contribution is -0.384. The number of nitro benzene ring substituents is 1. The van der Waals surface area contributed by atoms with E-state index in [2.05, 4.69) is 10.4 Å². The highest BCUT2D eigenvalue weighted by Crippen LogP contribution is 2.26. The average molecular weight is 276 g/mol. The minimum Gasteiger partial charge on any atom is -0.478 e. The van der Waals surface area contributed by atoms with Gasteiger partial charge in [-0.1, -0.05) is 0 Å². The Morgan fingerprint density at radius 1 is 1.45 bits per heavy atom. The van der Waals surface area contributed by atoms with Gasteiger partial charge in [0.2, 0.25) is 0 Å². The van der Waals surface area contributed by atoms with Gasteiger partial charge in [0.15, 0.2) is 0 Å². The second-order valence-electron chi connectivity index (χ2n) is 4.22. The van der Waals surface area contributed by atoms with Gasteiger partial charge in [0.05, 0.1) is 27.6 Å². The lowest BCUT2D eigenvalue weighted by Gasteiger charge is -2.08. The molecule has 1 heterocycles. The molecule has 2 N–H and O–H groups in total. The van der Waals surface area contributed by atoms with Crippen LogP contribution in [0.4, 0.5) is 17.1 Å². The average Bonchev–Trinajstić information content (AvgIpc) is 2.67. The van der Waals surface area contributed by atoms with Crippen molar-refractivity contribution in [3.05, 3.63) is 45.8 Å². The van der Waals surface area contributed by atoms with Crippen LogP contribution >= 0.6 is 0 Å². The molecule has 2 aromatic rings. The van der Waals surface area contributed by atoms with Gasteiger partial charge in [-0.3, -0.25) is 14.8 Å². The Morgan fingerprint density at radius 3 is 2.65 bits per heavy atom. The van der Waals surface area contributed by atoms with Gasteiger partial charge >= 0.3 is 5.97 Å². The number of nitro groups is 1. The van der Waals surface area contributed by atoms with Crippen LogP contribution < -0.4 is 5.32 Å². The van der Waals surface area contributed by atoms with Gasteiger partial charge in [-0.25, -0.2) is 4.79 Å². The molecule has 0 atom stereocenters. The van der Waals surface area contributed by atoms with E-state index in [9.17, 15) is 14.9 Å². The number of nitrogens with one attached hydrogen (secondary N) is 1. The number of hydrogen-bond donors (Lipinski definition) is 2. The Kier molecular flexibility index (Phi) is 3.38. The Labute approximate surface area is 113 Å². The van der Waals surface area contributed by atoms with Gasteiger partial charge in [-0.15, -0.1) is 0 Å². The highest BCUT2D eigenvalue weighted by Gasteiger charge is 2.17. The molecule has 2 rings (SSSR count). The summed E-state index contributed by atoms with van der Waals surface area (Å²) in [6.07, 6.45) is 1.70. The van der Waals surface area contributed by atoms with Crippen LogP contribution in [0.5, 0.6) is 0 Å². The van der Waals surface area contributed by atoms with E-state index < -0.39 is 10.9 Å². The molecule has 0 fully saturated rings.